The average Bonchev–Trinajstić information content (AvgIpc) is 2.82. The van der Waals surface area contributed by atoms with Gasteiger partial charge in [0.05, 0.1) is 31.0 Å². The summed E-state index contributed by atoms with van der Waals surface area (Å²) >= 11 is 3.67. The number of rotatable bonds is 12. The van der Waals surface area contributed by atoms with E-state index in [-0.39, 0.29) is 33.9 Å². The van der Waals surface area contributed by atoms with Gasteiger partial charge in [0.2, 0.25) is 0 Å². The molecule has 0 radical (unpaired) electrons. The van der Waals surface area contributed by atoms with Gasteiger partial charge in [-0.05, 0) is 90.5 Å². The SMILES string of the molecule is CC(C)(C)[Si](C)(C)OC[C@@H]1[C@@H](O)C(O[Si](C)(C)C(C)(C)C)C(O[Si](C)(C)C(C)(C)C)CN1CCc1cc(Br)cc(CCO)c1. The molecule has 0 bridgehead atoms. The zero-order chi connectivity index (χ0) is 34.1. The van der Waals surface area contributed by atoms with Crippen LogP contribution >= 0.6 is 15.9 Å². The minimum absolute atomic E-state index is 0.00544. The summed E-state index contributed by atoms with van der Waals surface area (Å²) < 4.78 is 22.1. The third-order valence-electron chi connectivity index (χ3n) is 11.0. The largest absolute Gasteiger partial charge is 0.415 e. The van der Waals surface area contributed by atoms with Crippen LogP contribution in [-0.4, -0.2) is 90.7 Å². The van der Waals surface area contributed by atoms with Crippen molar-refractivity contribution in [1.82, 2.24) is 4.90 Å². The van der Waals surface area contributed by atoms with Gasteiger partial charge in [-0.2, -0.15) is 0 Å². The Kier molecular flexibility index (Phi) is 13.5. The van der Waals surface area contributed by atoms with Gasteiger partial charge in [0.1, 0.15) is 0 Å². The number of aliphatic hydroxyl groups excluding tert-OH is 2. The fraction of sp³-hybridized carbons (Fsp3) is 0.824. The molecule has 256 valence electrons. The number of aliphatic hydroxyl groups is 2. The summed E-state index contributed by atoms with van der Waals surface area (Å²) in [4.78, 5) is 2.41. The number of nitrogens with zero attached hydrogens (tertiary/aromatic N) is 1. The molecule has 1 heterocycles. The van der Waals surface area contributed by atoms with Crippen molar-refractivity contribution in [3.8, 4) is 0 Å². The van der Waals surface area contributed by atoms with E-state index in [4.69, 9.17) is 13.3 Å². The summed E-state index contributed by atoms with van der Waals surface area (Å²) in [5, 5.41) is 22.0. The quantitative estimate of drug-likeness (QED) is 0.211. The molecule has 1 aromatic carbocycles. The van der Waals surface area contributed by atoms with E-state index in [1.165, 1.54) is 5.56 Å². The van der Waals surface area contributed by atoms with E-state index in [1.54, 1.807) is 0 Å². The number of hydrogen-bond donors (Lipinski definition) is 2. The van der Waals surface area contributed by atoms with Crippen LogP contribution in [0.25, 0.3) is 0 Å². The van der Waals surface area contributed by atoms with Crippen LogP contribution in [0.1, 0.15) is 73.4 Å². The molecule has 2 unspecified atom stereocenters. The van der Waals surface area contributed by atoms with Crippen molar-refractivity contribution in [2.45, 2.75) is 154 Å². The second-order valence-corrected chi connectivity index (χ2v) is 32.8. The van der Waals surface area contributed by atoms with Crippen LogP contribution in [-0.2, 0) is 26.1 Å². The van der Waals surface area contributed by atoms with Gasteiger partial charge in [-0.3, -0.25) is 4.90 Å². The molecule has 6 nitrogen and oxygen atoms in total. The van der Waals surface area contributed by atoms with Gasteiger partial charge in [-0.1, -0.05) is 84.3 Å². The molecule has 0 aromatic heterocycles. The molecule has 0 spiro atoms. The lowest BCUT2D eigenvalue weighted by atomic mass is 9.93. The summed E-state index contributed by atoms with van der Waals surface area (Å²) in [7, 11) is -6.47. The predicted molar refractivity (Wildman–Crippen MR) is 197 cm³/mol. The van der Waals surface area contributed by atoms with Gasteiger partial charge in [-0.15, -0.1) is 0 Å². The molecule has 2 rings (SSSR count). The normalized spacial score (nSPS) is 23.3. The third kappa shape index (κ3) is 10.3. The van der Waals surface area contributed by atoms with Crippen LogP contribution in [0.5, 0.6) is 0 Å². The van der Waals surface area contributed by atoms with Gasteiger partial charge < -0.3 is 23.5 Å². The van der Waals surface area contributed by atoms with Crippen LogP contribution in [0.3, 0.4) is 0 Å². The summed E-state index contributed by atoms with van der Waals surface area (Å²) in [5.74, 6) is 0. The standard InChI is InChI=1S/C34H66BrNO5Si3/c1-32(2,3)42(10,11)39-24-28-30(38)31(41-44(14,15)34(7,8)9)29(40-43(12,13)33(4,5)6)23-36(28)18-16-25-20-26(17-19-37)22-27(35)21-25/h20-22,28-31,37-38H,16-19,23-24H2,1-15H3/t28-,29?,30-,31?/m1/s1. The van der Waals surface area contributed by atoms with Crippen molar-refractivity contribution < 1.29 is 23.5 Å². The van der Waals surface area contributed by atoms with Gasteiger partial charge in [-0.25, -0.2) is 0 Å². The number of piperidine rings is 1. The smallest absolute Gasteiger partial charge is 0.192 e. The van der Waals surface area contributed by atoms with Crippen molar-refractivity contribution in [3.05, 3.63) is 33.8 Å². The Labute approximate surface area is 282 Å². The van der Waals surface area contributed by atoms with Crippen molar-refractivity contribution >= 4 is 40.9 Å². The van der Waals surface area contributed by atoms with Crippen LogP contribution in [0, 0.1) is 0 Å². The highest BCUT2D eigenvalue weighted by Gasteiger charge is 2.52. The molecule has 1 aromatic rings. The first-order chi connectivity index (χ1) is 19.7. The molecule has 0 amide bonds. The molecule has 0 saturated carbocycles. The Morgan fingerprint density at radius 2 is 1.25 bits per heavy atom. The molecule has 4 atom stereocenters. The average molecular weight is 733 g/mol. The zero-order valence-electron chi connectivity index (χ0n) is 30.7. The summed E-state index contributed by atoms with van der Waals surface area (Å²) in [6.45, 7) is 36.1. The van der Waals surface area contributed by atoms with Gasteiger partial charge >= 0.3 is 0 Å². The van der Waals surface area contributed by atoms with Gasteiger partial charge in [0.15, 0.2) is 25.0 Å². The summed E-state index contributed by atoms with van der Waals surface area (Å²) in [6.07, 6.45) is 0.0480. The lowest BCUT2D eigenvalue weighted by molar-refractivity contribution is -0.133. The van der Waals surface area contributed by atoms with E-state index in [2.05, 4.69) is 141 Å². The first kappa shape index (κ1) is 40.3. The molecule has 10 heteroatoms. The lowest BCUT2D eigenvalue weighted by Gasteiger charge is -2.53. The highest BCUT2D eigenvalue weighted by Crippen LogP contribution is 2.43. The third-order valence-corrected chi connectivity index (χ3v) is 24.9. The van der Waals surface area contributed by atoms with E-state index < -0.39 is 37.2 Å². The maximum Gasteiger partial charge on any atom is 0.192 e. The highest BCUT2D eigenvalue weighted by molar-refractivity contribution is 9.10. The molecular formula is C34H66BrNO5Si3. The number of hydrogen-bond acceptors (Lipinski definition) is 6. The Morgan fingerprint density at radius 3 is 1.73 bits per heavy atom. The van der Waals surface area contributed by atoms with Crippen LogP contribution in [0.2, 0.25) is 54.4 Å². The minimum atomic E-state index is -2.23. The van der Waals surface area contributed by atoms with Crippen LogP contribution in [0.4, 0.5) is 0 Å². The molecular weight excluding hydrogens is 667 g/mol. The number of halogens is 1. The molecule has 1 aliphatic heterocycles. The molecule has 0 aliphatic carbocycles. The van der Waals surface area contributed by atoms with E-state index in [9.17, 15) is 10.2 Å². The molecule has 2 N–H and O–H groups in total. The maximum absolute atomic E-state index is 12.3. The highest BCUT2D eigenvalue weighted by atomic mass is 79.9. The van der Waals surface area contributed by atoms with Gasteiger partial charge in [0.25, 0.3) is 0 Å². The van der Waals surface area contributed by atoms with E-state index in [0.717, 1.165) is 23.0 Å². The van der Waals surface area contributed by atoms with E-state index in [1.807, 2.05) is 0 Å². The summed E-state index contributed by atoms with van der Waals surface area (Å²) in [6, 6.07) is 6.22. The Balaban J connectivity index is 2.54. The summed E-state index contributed by atoms with van der Waals surface area (Å²) in [5.41, 5.74) is 2.33. The van der Waals surface area contributed by atoms with Crippen molar-refractivity contribution in [3.63, 3.8) is 0 Å². The molecule has 1 aliphatic rings. The molecule has 1 saturated heterocycles. The maximum atomic E-state index is 12.3. The van der Waals surface area contributed by atoms with E-state index >= 15 is 0 Å². The van der Waals surface area contributed by atoms with Crippen molar-refractivity contribution in [2.75, 3.05) is 26.3 Å². The fourth-order valence-corrected chi connectivity index (χ4v) is 9.08. The van der Waals surface area contributed by atoms with Crippen molar-refractivity contribution in [2.24, 2.45) is 0 Å². The fourth-order valence-electron chi connectivity index (χ4n) is 4.83. The second kappa shape index (κ2) is 14.7. The Bertz CT molecular complexity index is 1080. The first-order valence-electron chi connectivity index (χ1n) is 16.5. The topological polar surface area (TPSA) is 71.4 Å². The number of likely N-dealkylation sites (tertiary alicyclic amines) is 1. The molecule has 1 fully saturated rings. The minimum Gasteiger partial charge on any atom is -0.415 e. The van der Waals surface area contributed by atoms with Crippen molar-refractivity contribution in [1.29, 1.82) is 0 Å². The number of benzene rings is 1. The zero-order valence-corrected chi connectivity index (χ0v) is 35.3. The molecule has 44 heavy (non-hydrogen) atoms. The Morgan fingerprint density at radius 1 is 0.773 bits per heavy atom. The van der Waals surface area contributed by atoms with Crippen LogP contribution in [0.15, 0.2) is 22.7 Å². The van der Waals surface area contributed by atoms with Gasteiger partial charge in [0, 0.05) is 24.2 Å². The second-order valence-electron chi connectivity index (χ2n) is 17.6. The lowest BCUT2D eigenvalue weighted by Crippen LogP contribution is -2.68. The first-order valence-corrected chi connectivity index (χ1v) is 26.0. The van der Waals surface area contributed by atoms with Crippen LogP contribution < -0.4 is 0 Å². The predicted octanol–water partition coefficient (Wildman–Crippen LogP) is 8.37. The Hall–Kier alpha value is 0.111. The monoisotopic (exact) mass is 731 g/mol. The van der Waals surface area contributed by atoms with E-state index in [0.29, 0.717) is 19.6 Å².